The Balaban J connectivity index is 1.09. The molecule has 5 aromatic carbocycles. The average molecular weight is 769 g/mol. The number of nitrogens with zero attached hydrogens (tertiary/aromatic N) is 2. The van der Waals surface area contributed by atoms with E-state index in [1.807, 2.05) is 78.9 Å². The number of ether oxygens (including phenoxy) is 6. The third kappa shape index (κ3) is 11.0. The van der Waals surface area contributed by atoms with Crippen molar-refractivity contribution in [2.45, 2.75) is 51.0 Å². The van der Waals surface area contributed by atoms with Gasteiger partial charge in [-0.15, -0.1) is 0 Å². The second-order valence-electron chi connectivity index (χ2n) is 13.4. The molecule has 1 saturated heterocycles. The lowest BCUT2D eigenvalue weighted by Gasteiger charge is -2.41. The van der Waals surface area contributed by atoms with E-state index in [9.17, 15) is 9.90 Å². The van der Waals surface area contributed by atoms with Crippen molar-refractivity contribution in [2.24, 2.45) is 0 Å². The van der Waals surface area contributed by atoms with E-state index in [4.69, 9.17) is 38.8 Å². The van der Waals surface area contributed by atoms with Crippen molar-refractivity contribution in [1.82, 2.24) is 10.3 Å². The van der Waals surface area contributed by atoms with Crippen molar-refractivity contribution in [1.29, 1.82) is 0 Å². The largest absolute Gasteiger partial charge is 0.496 e. The molecule has 0 spiro atoms. The minimum Gasteiger partial charge on any atom is -0.496 e. The third-order valence-electron chi connectivity index (χ3n) is 9.60. The van der Waals surface area contributed by atoms with E-state index in [0.717, 1.165) is 44.5 Å². The lowest BCUT2D eigenvalue weighted by atomic mass is 9.84. The van der Waals surface area contributed by atoms with Gasteiger partial charge in [0, 0.05) is 23.3 Å². The molecule has 296 valence electrons. The maximum Gasteiger partial charge on any atom is 0.410 e. The number of aliphatic hydroxyl groups is 1. The average Bonchev–Trinajstić information content (AvgIpc) is 3.22. The van der Waals surface area contributed by atoms with Gasteiger partial charge in [0.15, 0.2) is 0 Å². The molecule has 0 saturated carbocycles. The van der Waals surface area contributed by atoms with Crippen LogP contribution in [0.5, 0.6) is 17.2 Å². The number of carbonyl (C=O) groups is 1. The van der Waals surface area contributed by atoms with Crippen LogP contribution in [-0.4, -0.2) is 84.6 Å². The molecule has 5 aromatic rings. The molecule has 13 nitrogen and oxygen atoms in total. The SMILES string of the molecule is COc1ccccc1COCCCOc1ccc(C2C(O)CN(C(=O)OCc3ccc(CON(O)O)cc3)CC2OCc2cc(OC)c3ccccc3c2)cc1. The van der Waals surface area contributed by atoms with E-state index in [-0.39, 0.29) is 38.3 Å². The molecule has 0 radical (unpaired) electrons. The quantitative estimate of drug-likeness (QED) is 0.0621. The van der Waals surface area contributed by atoms with E-state index in [2.05, 4.69) is 10.9 Å². The summed E-state index contributed by atoms with van der Waals surface area (Å²) in [5.41, 5.74) is 4.15. The summed E-state index contributed by atoms with van der Waals surface area (Å²) in [4.78, 5) is 19.5. The van der Waals surface area contributed by atoms with Crippen molar-refractivity contribution in [3.8, 4) is 17.2 Å². The minimum atomic E-state index is -0.948. The summed E-state index contributed by atoms with van der Waals surface area (Å²) < 4.78 is 35.1. The van der Waals surface area contributed by atoms with Crippen LogP contribution in [0.3, 0.4) is 0 Å². The zero-order valence-corrected chi connectivity index (χ0v) is 31.5. The number of benzene rings is 5. The number of piperidine rings is 1. The Hall–Kier alpha value is -5.25. The number of hydrogen-bond donors (Lipinski definition) is 3. The first-order valence-electron chi connectivity index (χ1n) is 18.4. The summed E-state index contributed by atoms with van der Waals surface area (Å²) in [6.07, 6.45) is -1.40. The number of para-hydroxylation sites is 1. The first-order chi connectivity index (χ1) is 27.3. The predicted octanol–water partition coefficient (Wildman–Crippen LogP) is 7.04. The zero-order chi connectivity index (χ0) is 39.3. The topological polar surface area (TPSA) is 149 Å². The predicted molar refractivity (Wildman–Crippen MR) is 205 cm³/mol. The van der Waals surface area contributed by atoms with Crippen LogP contribution in [0, 0.1) is 0 Å². The summed E-state index contributed by atoms with van der Waals surface area (Å²) in [7, 11) is 3.28. The van der Waals surface area contributed by atoms with Crippen LogP contribution in [-0.2, 0) is 45.5 Å². The molecular formula is C43H48N2O11. The Labute approximate surface area is 325 Å². The van der Waals surface area contributed by atoms with Crippen LogP contribution < -0.4 is 14.2 Å². The van der Waals surface area contributed by atoms with Gasteiger partial charge >= 0.3 is 6.09 Å². The second-order valence-corrected chi connectivity index (χ2v) is 13.4. The molecule has 56 heavy (non-hydrogen) atoms. The molecule has 1 amide bonds. The molecule has 1 fully saturated rings. The first kappa shape index (κ1) is 40.4. The Morgan fingerprint density at radius 1 is 0.750 bits per heavy atom. The number of methoxy groups -OCH3 is 2. The maximum atomic E-state index is 13.4. The molecule has 0 bridgehead atoms. The van der Waals surface area contributed by atoms with Gasteiger partial charge in [0.25, 0.3) is 0 Å². The van der Waals surface area contributed by atoms with Gasteiger partial charge in [-0.05, 0) is 58.0 Å². The van der Waals surface area contributed by atoms with Gasteiger partial charge in [-0.3, -0.25) is 10.4 Å². The number of β-amino-alcohol motifs (C(OH)–C–C–N with tert-alkyl or cyclic N) is 1. The van der Waals surface area contributed by atoms with Gasteiger partial charge in [-0.1, -0.05) is 78.9 Å². The summed E-state index contributed by atoms with van der Waals surface area (Å²) in [6.45, 7) is 1.87. The second kappa shape index (κ2) is 20.1. The van der Waals surface area contributed by atoms with E-state index in [1.54, 1.807) is 38.5 Å². The Bertz CT molecular complexity index is 1990. The van der Waals surface area contributed by atoms with Crippen molar-refractivity contribution in [3.05, 3.63) is 137 Å². The molecule has 1 heterocycles. The van der Waals surface area contributed by atoms with Gasteiger partial charge in [0.05, 0.1) is 77.9 Å². The van der Waals surface area contributed by atoms with Gasteiger partial charge in [0.1, 0.15) is 23.9 Å². The monoisotopic (exact) mass is 768 g/mol. The standard InChI is InChI=1S/C43H48N2O11/c1-50-39-11-6-4-9-35(39)29-52-20-7-21-53-36-18-16-33(17-19-36)42-38(46)24-44(43(47)55-26-30-12-14-31(15-13-30)28-56-45(48)49)25-41(42)54-27-32-22-34-8-3-5-10-37(34)40(23-32)51-2/h3-6,8-19,22-23,38,41-42,46,48-49H,7,20-21,24-29H2,1-2H3. The molecule has 3 atom stereocenters. The molecule has 1 aliphatic rings. The highest BCUT2D eigenvalue weighted by Gasteiger charge is 2.40. The molecular weight excluding hydrogens is 720 g/mol. The lowest BCUT2D eigenvalue weighted by molar-refractivity contribution is -0.497. The van der Waals surface area contributed by atoms with Gasteiger partial charge in [-0.2, -0.15) is 0 Å². The highest BCUT2D eigenvalue weighted by atomic mass is 17.1. The highest BCUT2D eigenvalue weighted by molar-refractivity contribution is 5.89. The Morgan fingerprint density at radius 3 is 2.21 bits per heavy atom. The maximum absolute atomic E-state index is 13.4. The van der Waals surface area contributed by atoms with Gasteiger partial charge in [-0.25, -0.2) is 9.63 Å². The van der Waals surface area contributed by atoms with Crippen molar-refractivity contribution in [2.75, 3.05) is 40.5 Å². The number of hydrogen-bond acceptors (Lipinski definition) is 12. The smallest absolute Gasteiger partial charge is 0.410 e. The summed E-state index contributed by atoms with van der Waals surface area (Å²) in [6, 6.07) is 34.3. The lowest BCUT2D eigenvalue weighted by Crippen LogP contribution is -2.53. The van der Waals surface area contributed by atoms with Gasteiger partial charge < -0.3 is 38.4 Å². The fourth-order valence-electron chi connectivity index (χ4n) is 6.77. The molecule has 3 unspecified atom stereocenters. The van der Waals surface area contributed by atoms with E-state index >= 15 is 0 Å². The molecule has 6 rings (SSSR count). The van der Waals surface area contributed by atoms with Crippen molar-refractivity contribution < 1.29 is 53.6 Å². The molecule has 0 aliphatic carbocycles. The Kier molecular flexibility index (Phi) is 14.5. The summed E-state index contributed by atoms with van der Waals surface area (Å²) >= 11 is 0. The van der Waals surface area contributed by atoms with Crippen molar-refractivity contribution >= 4 is 16.9 Å². The minimum absolute atomic E-state index is 0.000110. The summed E-state index contributed by atoms with van der Waals surface area (Å²) in [5.74, 6) is 1.78. The van der Waals surface area contributed by atoms with E-state index in [0.29, 0.717) is 37.6 Å². The highest BCUT2D eigenvalue weighted by Crippen LogP contribution is 2.34. The van der Waals surface area contributed by atoms with Crippen LogP contribution in [0.15, 0.2) is 109 Å². The fraction of sp³-hybridized carbons (Fsp3) is 0.326. The number of fused-ring (bicyclic) bond motifs is 1. The van der Waals surface area contributed by atoms with Gasteiger partial charge in [0.2, 0.25) is 0 Å². The third-order valence-corrected chi connectivity index (χ3v) is 9.60. The molecule has 3 N–H and O–H groups in total. The summed E-state index contributed by atoms with van der Waals surface area (Å²) in [5, 5.41) is 30.8. The van der Waals surface area contributed by atoms with E-state index in [1.165, 1.54) is 4.90 Å². The fourth-order valence-corrected chi connectivity index (χ4v) is 6.77. The number of carbonyl (C=O) groups excluding carboxylic acids is 1. The van der Waals surface area contributed by atoms with Crippen LogP contribution in [0.25, 0.3) is 10.8 Å². The zero-order valence-electron chi connectivity index (χ0n) is 31.5. The van der Waals surface area contributed by atoms with Crippen LogP contribution in [0.2, 0.25) is 0 Å². The molecule has 1 aliphatic heterocycles. The number of likely N-dealkylation sites (tertiary alicyclic amines) is 1. The van der Waals surface area contributed by atoms with Crippen LogP contribution in [0.4, 0.5) is 4.79 Å². The normalized spacial score (nSPS) is 16.9. The number of rotatable bonds is 18. The number of aliphatic hydroxyl groups excluding tert-OH is 1. The molecule has 13 heteroatoms. The number of amides is 1. The van der Waals surface area contributed by atoms with Crippen LogP contribution >= 0.6 is 0 Å². The van der Waals surface area contributed by atoms with Crippen molar-refractivity contribution in [3.63, 3.8) is 0 Å². The van der Waals surface area contributed by atoms with E-state index < -0.39 is 24.2 Å². The Morgan fingerprint density at radius 2 is 1.46 bits per heavy atom. The van der Waals surface area contributed by atoms with Crippen LogP contribution in [0.1, 0.15) is 40.2 Å². The first-order valence-corrected chi connectivity index (χ1v) is 18.4. The molecule has 0 aromatic heterocycles.